The highest BCUT2D eigenvalue weighted by molar-refractivity contribution is 7.16. The summed E-state index contributed by atoms with van der Waals surface area (Å²) in [5, 5.41) is 0. The molecule has 2 aromatic carbocycles. The molecule has 1 aliphatic rings. The van der Waals surface area contributed by atoms with Gasteiger partial charge in [-0.05, 0) is 42.7 Å². The van der Waals surface area contributed by atoms with E-state index in [9.17, 15) is 9.59 Å². The Morgan fingerprint density at radius 1 is 0.615 bits per heavy atom. The quantitative estimate of drug-likeness (QED) is 0.188. The second-order valence-corrected chi connectivity index (χ2v) is 10.2. The molecule has 1 aromatic heterocycles. The molecule has 3 aromatic rings. The first-order chi connectivity index (χ1) is 19.0. The second kappa shape index (κ2) is 13.8. The summed E-state index contributed by atoms with van der Waals surface area (Å²) in [7, 11) is 3.25. The third-order valence-electron chi connectivity index (χ3n) is 6.24. The molecule has 8 nitrogen and oxygen atoms in total. The van der Waals surface area contributed by atoms with Crippen LogP contribution in [0.2, 0.25) is 0 Å². The van der Waals surface area contributed by atoms with E-state index < -0.39 is 11.6 Å². The average molecular weight is 555 g/mol. The molecule has 208 valence electrons. The standard InChI is InChI=1S/C30H34O8S/c1-19-5-7-22-23-8-6-21(18-25(23)27(32)26(31)24(22)17-19)30-29(38-16-14-36-12-10-34-4)28(20(2)39-30)37-15-13-35-11-9-33-3/h5-8,17-18H,9-16H2,1-4H3. The van der Waals surface area contributed by atoms with Crippen molar-refractivity contribution in [1.82, 2.24) is 0 Å². The van der Waals surface area contributed by atoms with Crippen LogP contribution in [0.4, 0.5) is 0 Å². The summed E-state index contributed by atoms with van der Waals surface area (Å²) in [5.74, 6) is 0.221. The van der Waals surface area contributed by atoms with Gasteiger partial charge in [0.25, 0.3) is 0 Å². The Bertz CT molecular complexity index is 1310. The van der Waals surface area contributed by atoms with Gasteiger partial charge in [-0.3, -0.25) is 9.59 Å². The van der Waals surface area contributed by atoms with Crippen molar-refractivity contribution < 1.29 is 38.0 Å². The number of rotatable bonds is 15. The van der Waals surface area contributed by atoms with E-state index in [-0.39, 0.29) is 0 Å². The Labute approximate surface area is 232 Å². The van der Waals surface area contributed by atoms with Gasteiger partial charge in [0.15, 0.2) is 11.5 Å². The molecule has 1 aliphatic carbocycles. The monoisotopic (exact) mass is 554 g/mol. The first kappa shape index (κ1) is 28.9. The summed E-state index contributed by atoms with van der Waals surface area (Å²) in [6, 6.07) is 11.3. The lowest BCUT2D eigenvalue weighted by molar-refractivity contribution is 0.0500. The van der Waals surface area contributed by atoms with Crippen LogP contribution in [0.25, 0.3) is 21.6 Å². The Kier molecular flexibility index (Phi) is 10.2. The van der Waals surface area contributed by atoms with Crippen molar-refractivity contribution in [2.45, 2.75) is 13.8 Å². The maximum atomic E-state index is 13.1. The van der Waals surface area contributed by atoms with E-state index in [0.29, 0.717) is 75.5 Å². The normalized spacial score (nSPS) is 12.4. The van der Waals surface area contributed by atoms with Gasteiger partial charge in [0.1, 0.15) is 13.2 Å². The maximum absolute atomic E-state index is 13.1. The minimum atomic E-state index is -0.503. The van der Waals surface area contributed by atoms with Gasteiger partial charge in [-0.1, -0.05) is 29.8 Å². The molecule has 0 amide bonds. The molecular weight excluding hydrogens is 520 g/mol. The Balaban J connectivity index is 1.62. The zero-order valence-electron chi connectivity index (χ0n) is 22.8. The van der Waals surface area contributed by atoms with Crippen molar-refractivity contribution in [2.24, 2.45) is 0 Å². The minimum Gasteiger partial charge on any atom is -0.486 e. The fourth-order valence-electron chi connectivity index (χ4n) is 4.32. The fourth-order valence-corrected chi connectivity index (χ4v) is 5.36. The lowest BCUT2D eigenvalue weighted by atomic mass is 9.82. The maximum Gasteiger partial charge on any atom is 0.234 e. The number of carbonyl (C=O) groups excluding carboxylic acids is 2. The Hall–Kier alpha value is -3.08. The SMILES string of the molecule is COCCOCCOc1c(C)sc(-c2ccc3c(c2)C(=O)C(=O)c2cc(C)ccc2-3)c1OCCOCCOC. The molecule has 0 bridgehead atoms. The van der Waals surface area contributed by atoms with E-state index in [4.69, 9.17) is 28.4 Å². The molecule has 0 unspecified atom stereocenters. The summed E-state index contributed by atoms with van der Waals surface area (Å²) in [6.45, 7) is 7.28. The van der Waals surface area contributed by atoms with Crippen molar-refractivity contribution in [3.05, 3.63) is 58.0 Å². The lowest BCUT2D eigenvalue weighted by Crippen LogP contribution is -2.21. The number of benzene rings is 2. The molecule has 0 N–H and O–H groups in total. The van der Waals surface area contributed by atoms with Crippen LogP contribution in [-0.2, 0) is 18.9 Å². The van der Waals surface area contributed by atoms with Crippen LogP contribution >= 0.6 is 11.3 Å². The smallest absolute Gasteiger partial charge is 0.234 e. The molecule has 0 saturated heterocycles. The van der Waals surface area contributed by atoms with E-state index in [1.54, 1.807) is 26.4 Å². The zero-order chi connectivity index (χ0) is 27.8. The van der Waals surface area contributed by atoms with Crippen molar-refractivity contribution in [3.63, 3.8) is 0 Å². The third kappa shape index (κ3) is 6.74. The Morgan fingerprint density at radius 2 is 1.15 bits per heavy atom. The number of hydrogen-bond donors (Lipinski definition) is 0. The van der Waals surface area contributed by atoms with Crippen LogP contribution in [0.1, 0.15) is 31.2 Å². The second-order valence-electron chi connectivity index (χ2n) is 9.02. The number of aryl methyl sites for hydroxylation is 2. The predicted molar refractivity (Wildman–Crippen MR) is 150 cm³/mol. The van der Waals surface area contributed by atoms with Crippen molar-refractivity contribution in [1.29, 1.82) is 0 Å². The minimum absolute atomic E-state index is 0.308. The number of ether oxygens (including phenoxy) is 6. The number of thiophene rings is 1. The number of carbonyl (C=O) groups is 2. The largest absolute Gasteiger partial charge is 0.486 e. The van der Waals surface area contributed by atoms with E-state index in [0.717, 1.165) is 32.0 Å². The zero-order valence-corrected chi connectivity index (χ0v) is 23.6. The van der Waals surface area contributed by atoms with Gasteiger partial charge in [0.05, 0.1) is 44.5 Å². The third-order valence-corrected chi connectivity index (χ3v) is 7.36. The van der Waals surface area contributed by atoms with E-state index >= 15 is 0 Å². The summed E-state index contributed by atoms with van der Waals surface area (Å²) in [5.41, 5.74) is 4.09. The van der Waals surface area contributed by atoms with Gasteiger partial charge in [-0.15, -0.1) is 11.3 Å². The van der Waals surface area contributed by atoms with Crippen molar-refractivity contribution in [2.75, 3.05) is 67.1 Å². The summed E-state index contributed by atoms with van der Waals surface area (Å²) >= 11 is 1.51. The molecule has 1 heterocycles. The van der Waals surface area contributed by atoms with Crippen molar-refractivity contribution >= 4 is 22.9 Å². The van der Waals surface area contributed by atoms with Crippen LogP contribution < -0.4 is 9.47 Å². The van der Waals surface area contributed by atoms with Gasteiger partial charge in [-0.2, -0.15) is 0 Å². The predicted octanol–water partition coefficient (Wildman–Crippen LogP) is 5.16. The van der Waals surface area contributed by atoms with Crippen LogP contribution in [0.15, 0.2) is 36.4 Å². The van der Waals surface area contributed by atoms with Crippen molar-refractivity contribution in [3.8, 4) is 33.1 Å². The van der Waals surface area contributed by atoms with E-state index in [1.807, 2.05) is 38.1 Å². The number of Topliss-reactive ketones (excluding diaryl/α,β-unsaturated/α-hetero) is 2. The molecule has 9 heteroatoms. The highest BCUT2D eigenvalue weighted by atomic mass is 32.1. The molecular formula is C30H34O8S. The number of fused-ring (bicyclic) bond motifs is 3. The molecule has 0 saturated carbocycles. The number of ketones is 2. The van der Waals surface area contributed by atoms with Crippen LogP contribution in [0.5, 0.6) is 11.5 Å². The molecule has 0 fully saturated rings. The molecule has 39 heavy (non-hydrogen) atoms. The number of methoxy groups -OCH3 is 2. The highest BCUT2D eigenvalue weighted by Crippen LogP contribution is 2.49. The van der Waals surface area contributed by atoms with Crippen LogP contribution in [0.3, 0.4) is 0 Å². The molecule has 0 atom stereocenters. The molecule has 0 radical (unpaired) electrons. The van der Waals surface area contributed by atoms with Gasteiger partial charge in [0, 0.05) is 30.2 Å². The summed E-state index contributed by atoms with van der Waals surface area (Å²) in [6.07, 6.45) is 0. The highest BCUT2D eigenvalue weighted by Gasteiger charge is 2.31. The molecule has 0 spiro atoms. The molecule has 0 aliphatic heterocycles. The topological polar surface area (TPSA) is 89.5 Å². The Morgan fingerprint density at radius 3 is 1.77 bits per heavy atom. The van der Waals surface area contributed by atoms with Gasteiger partial charge in [-0.25, -0.2) is 0 Å². The van der Waals surface area contributed by atoms with Gasteiger partial charge >= 0.3 is 0 Å². The van der Waals surface area contributed by atoms with Gasteiger partial charge < -0.3 is 28.4 Å². The average Bonchev–Trinajstić information content (AvgIpc) is 3.25. The summed E-state index contributed by atoms with van der Waals surface area (Å²) < 4.78 is 33.4. The van der Waals surface area contributed by atoms with Crippen LogP contribution in [-0.4, -0.2) is 78.6 Å². The van der Waals surface area contributed by atoms with E-state index in [1.165, 1.54) is 11.3 Å². The molecule has 4 rings (SSSR count). The first-order valence-electron chi connectivity index (χ1n) is 12.8. The first-order valence-corrected chi connectivity index (χ1v) is 13.6. The summed E-state index contributed by atoms with van der Waals surface area (Å²) in [4.78, 5) is 27.8. The number of hydrogen-bond acceptors (Lipinski definition) is 9. The van der Waals surface area contributed by atoms with E-state index in [2.05, 4.69) is 0 Å². The van der Waals surface area contributed by atoms with Gasteiger partial charge in [0.2, 0.25) is 11.6 Å². The van der Waals surface area contributed by atoms with Crippen LogP contribution in [0, 0.1) is 13.8 Å². The fraction of sp³-hybridized carbons (Fsp3) is 0.400. The lowest BCUT2D eigenvalue weighted by Gasteiger charge is -2.19.